The van der Waals surface area contributed by atoms with Crippen LogP contribution in [0.2, 0.25) is 0 Å². The maximum atomic E-state index is 13.6. The molecule has 0 aliphatic heterocycles. The zero-order chi connectivity index (χ0) is 10.8. The monoisotopic (exact) mass is 208 g/mol. The highest BCUT2D eigenvalue weighted by Gasteiger charge is 2.26. The molecular weight excluding hydrogens is 195 g/mol. The second-order valence-electron chi connectivity index (χ2n) is 3.89. The topological polar surface area (TPSA) is 26.3 Å². The molecule has 0 atom stereocenters. The quantitative estimate of drug-likeness (QED) is 0.711. The van der Waals surface area contributed by atoms with E-state index in [-0.39, 0.29) is 17.1 Å². The highest BCUT2D eigenvalue weighted by Crippen LogP contribution is 2.34. The number of hydrogen-bond acceptors (Lipinski definition) is 2. The highest BCUT2D eigenvalue weighted by atomic mass is 19.1. The van der Waals surface area contributed by atoms with E-state index in [4.69, 9.17) is 4.74 Å². The van der Waals surface area contributed by atoms with Crippen LogP contribution in [0.3, 0.4) is 0 Å². The fourth-order valence-electron chi connectivity index (χ4n) is 1.58. The molecule has 0 aromatic heterocycles. The number of methoxy groups -OCH3 is 1. The number of halogens is 1. The summed E-state index contributed by atoms with van der Waals surface area (Å²) in [5, 5.41) is 0. The Labute approximate surface area is 88.1 Å². The number of benzene rings is 1. The summed E-state index contributed by atoms with van der Waals surface area (Å²) in [4.78, 5) is 11.7. The maximum absolute atomic E-state index is 13.6. The van der Waals surface area contributed by atoms with E-state index in [0.717, 1.165) is 12.8 Å². The molecule has 1 aliphatic rings. The number of hydrogen-bond donors (Lipinski definition) is 0. The van der Waals surface area contributed by atoms with Gasteiger partial charge in [-0.1, -0.05) is 6.07 Å². The summed E-state index contributed by atoms with van der Waals surface area (Å²) in [6.45, 7) is 0. The van der Waals surface area contributed by atoms with Crippen molar-refractivity contribution in [3.63, 3.8) is 0 Å². The lowest BCUT2D eigenvalue weighted by molar-refractivity contribution is 0.0971. The Kier molecular flexibility index (Phi) is 2.71. The SMILES string of the molecule is COc1cccc(C(=O)CC2CC2)c1F. The summed E-state index contributed by atoms with van der Waals surface area (Å²) in [5.74, 6) is -0.0423. The molecule has 0 amide bonds. The Balaban J connectivity index is 2.22. The molecular formula is C12H13FO2. The molecule has 0 N–H and O–H groups in total. The normalized spacial score (nSPS) is 15.1. The number of rotatable bonds is 4. The van der Waals surface area contributed by atoms with Crippen LogP contribution in [0.1, 0.15) is 29.6 Å². The van der Waals surface area contributed by atoms with Crippen LogP contribution in [-0.2, 0) is 0 Å². The molecule has 1 aliphatic carbocycles. The van der Waals surface area contributed by atoms with Gasteiger partial charge in [0.25, 0.3) is 0 Å². The van der Waals surface area contributed by atoms with Crippen LogP contribution in [-0.4, -0.2) is 12.9 Å². The first-order chi connectivity index (χ1) is 7.22. The third kappa shape index (κ3) is 2.17. The van der Waals surface area contributed by atoms with Gasteiger partial charge < -0.3 is 4.74 Å². The van der Waals surface area contributed by atoms with Crippen molar-refractivity contribution < 1.29 is 13.9 Å². The number of ether oxygens (including phenoxy) is 1. The van der Waals surface area contributed by atoms with Crippen molar-refractivity contribution >= 4 is 5.78 Å². The van der Waals surface area contributed by atoms with Crippen molar-refractivity contribution in [2.45, 2.75) is 19.3 Å². The number of ketones is 1. The second-order valence-corrected chi connectivity index (χ2v) is 3.89. The lowest BCUT2D eigenvalue weighted by Crippen LogP contribution is -2.04. The Morgan fingerprint density at radius 3 is 2.87 bits per heavy atom. The molecule has 0 saturated heterocycles. The van der Waals surface area contributed by atoms with Crippen molar-refractivity contribution in [1.29, 1.82) is 0 Å². The summed E-state index contributed by atoms with van der Waals surface area (Å²) < 4.78 is 18.5. The minimum absolute atomic E-state index is 0.117. The summed E-state index contributed by atoms with van der Waals surface area (Å²) in [6, 6.07) is 4.67. The lowest BCUT2D eigenvalue weighted by atomic mass is 10.1. The molecule has 80 valence electrons. The van der Waals surface area contributed by atoms with Gasteiger partial charge in [0, 0.05) is 6.42 Å². The van der Waals surface area contributed by atoms with Gasteiger partial charge in [-0.3, -0.25) is 4.79 Å². The summed E-state index contributed by atoms with van der Waals surface area (Å²) in [7, 11) is 1.40. The van der Waals surface area contributed by atoms with Gasteiger partial charge in [-0.25, -0.2) is 4.39 Å². The van der Waals surface area contributed by atoms with E-state index in [1.54, 1.807) is 6.07 Å². The molecule has 1 aromatic rings. The average Bonchev–Trinajstić information content (AvgIpc) is 3.02. The standard InChI is InChI=1S/C12H13FO2/c1-15-11-4-2-3-9(12(11)13)10(14)7-8-5-6-8/h2-4,8H,5-7H2,1H3. The Hall–Kier alpha value is -1.38. The fraction of sp³-hybridized carbons (Fsp3) is 0.417. The summed E-state index contributed by atoms with van der Waals surface area (Å²) in [6.07, 6.45) is 2.65. The van der Waals surface area contributed by atoms with E-state index in [0.29, 0.717) is 12.3 Å². The minimum Gasteiger partial charge on any atom is -0.494 e. The van der Waals surface area contributed by atoms with E-state index >= 15 is 0 Å². The lowest BCUT2D eigenvalue weighted by Gasteiger charge is -2.05. The molecule has 0 spiro atoms. The Bertz CT molecular complexity index is 383. The van der Waals surface area contributed by atoms with Crippen molar-refractivity contribution in [1.82, 2.24) is 0 Å². The average molecular weight is 208 g/mol. The van der Waals surface area contributed by atoms with Gasteiger partial charge in [-0.15, -0.1) is 0 Å². The first-order valence-corrected chi connectivity index (χ1v) is 5.08. The van der Waals surface area contributed by atoms with Crippen molar-refractivity contribution in [3.8, 4) is 5.75 Å². The third-order valence-electron chi connectivity index (χ3n) is 2.65. The van der Waals surface area contributed by atoms with Crippen LogP contribution in [0, 0.1) is 11.7 Å². The second kappa shape index (κ2) is 4.01. The predicted molar refractivity (Wildman–Crippen MR) is 54.6 cm³/mol. The fourth-order valence-corrected chi connectivity index (χ4v) is 1.58. The van der Waals surface area contributed by atoms with E-state index in [2.05, 4.69) is 0 Å². The van der Waals surface area contributed by atoms with Gasteiger partial charge in [0.15, 0.2) is 17.3 Å². The van der Waals surface area contributed by atoms with Gasteiger partial charge in [0.05, 0.1) is 12.7 Å². The molecule has 0 radical (unpaired) electrons. The van der Waals surface area contributed by atoms with E-state index in [1.165, 1.54) is 19.2 Å². The first kappa shape index (κ1) is 10.1. The van der Waals surface area contributed by atoms with Crippen LogP contribution in [0.4, 0.5) is 4.39 Å². The first-order valence-electron chi connectivity index (χ1n) is 5.08. The van der Waals surface area contributed by atoms with Crippen molar-refractivity contribution in [2.24, 2.45) is 5.92 Å². The number of carbonyl (C=O) groups excluding carboxylic acids is 1. The van der Waals surface area contributed by atoms with E-state index in [9.17, 15) is 9.18 Å². The van der Waals surface area contributed by atoms with Crippen LogP contribution < -0.4 is 4.74 Å². The third-order valence-corrected chi connectivity index (χ3v) is 2.65. The molecule has 0 unspecified atom stereocenters. The van der Waals surface area contributed by atoms with E-state index in [1.807, 2.05) is 0 Å². The summed E-state index contributed by atoms with van der Waals surface area (Å²) >= 11 is 0. The van der Waals surface area contributed by atoms with Gasteiger partial charge in [-0.05, 0) is 30.9 Å². The molecule has 0 bridgehead atoms. The van der Waals surface area contributed by atoms with Gasteiger partial charge >= 0.3 is 0 Å². The minimum atomic E-state index is -0.536. The molecule has 3 heteroatoms. The van der Waals surface area contributed by atoms with Crippen molar-refractivity contribution in [2.75, 3.05) is 7.11 Å². The molecule has 15 heavy (non-hydrogen) atoms. The van der Waals surface area contributed by atoms with Crippen molar-refractivity contribution in [3.05, 3.63) is 29.6 Å². The van der Waals surface area contributed by atoms with Crippen LogP contribution in [0.25, 0.3) is 0 Å². The molecule has 1 aromatic carbocycles. The highest BCUT2D eigenvalue weighted by molar-refractivity contribution is 5.97. The Morgan fingerprint density at radius 2 is 2.27 bits per heavy atom. The zero-order valence-electron chi connectivity index (χ0n) is 8.63. The predicted octanol–water partition coefficient (Wildman–Crippen LogP) is 2.82. The Morgan fingerprint density at radius 1 is 1.53 bits per heavy atom. The molecule has 1 fully saturated rings. The summed E-state index contributed by atoms with van der Waals surface area (Å²) in [5.41, 5.74) is 0.154. The molecule has 2 nitrogen and oxygen atoms in total. The van der Waals surface area contributed by atoms with Crippen LogP contribution >= 0.6 is 0 Å². The van der Waals surface area contributed by atoms with E-state index < -0.39 is 5.82 Å². The molecule has 2 rings (SSSR count). The van der Waals surface area contributed by atoms with Crippen LogP contribution in [0.5, 0.6) is 5.75 Å². The molecule has 1 saturated carbocycles. The van der Waals surface area contributed by atoms with Crippen LogP contribution in [0.15, 0.2) is 18.2 Å². The van der Waals surface area contributed by atoms with Gasteiger partial charge in [0.2, 0.25) is 0 Å². The largest absolute Gasteiger partial charge is 0.494 e. The zero-order valence-corrected chi connectivity index (χ0v) is 8.63. The smallest absolute Gasteiger partial charge is 0.175 e. The number of Topliss-reactive ketones (excluding diaryl/α,β-unsaturated/α-hetero) is 1. The molecule has 0 heterocycles. The van der Waals surface area contributed by atoms with Gasteiger partial charge in [-0.2, -0.15) is 0 Å². The number of carbonyl (C=O) groups is 1. The van der Waals surface area contributed by atoms with Gasteiger partial charge in [0.1, 0.15) is 0 Å². The maximum Gasteiger partial charge on any atom is 0.175 e.